The van der Waals surface area contributed by atoms with E-state index in [4.69, 9.17) is 6.42 Å². The Morgan fingerprint density at radius 3 is 2.46 bits per heavy atom. The quantitative estimate of drug-likeness (QED) is 0.771. The summed E-state index contributed by atoms with van der Waals surface area (Å²) in [5.41, 5.74) is 0.0497. The summed E-state index contributed by atoms with van der Waals surface area (Å²) < 4.78 is 54.7. The van der Waals surface area contributed by atoms with Crippen LogP contribution < -0.4 is 10.6 Å². The van der Waals surface area contributed by atoms with E-state index in [0.717, 1.165) is 0 Å². The van der Waals surface area contributed by atoms with Gasteiger partial charge in [-0.2, -0.15) is 22.5 Å². The molecule has 0 atom stereocenters. The minimum atomic E-state index is -4.61. The molecular weight excluding hydrogens is 367 g/mol. The lowest BCUT2D eigenvalue weighted by Gasteiger charge is -2.13. The van der Waals surface area contributed by atoms with E-state index in [0.29, 0.717) is 17.6 Å². The maximum absolute atomic E-state index is 13.0. The summed E-state index contributed by atoms with van der Waals surface area (Å²) in [5, 5.41) is 5.23. The van der Waals surface area contributed by atoms with Crippen LogP contribution in [0.4, 0.5) is 36.3 Å². The van der Waals surface area contributed by atoms with E-state index < -0.39 is 27.3 Å². The Morgan fingerprint density at radius 2 is 1.92 bits per heavy atom. The molecule has 2 aromatic rings. The molecule has 6 nitrogen and oxygen atoms in total. The third kappa shape index (κ3) is 5.63. The Kier molecular flexibility index (Phi) is 5.72. The Morgan fingerprint density at radius 1 is 1.27 bits per heavy atom. The van der Waals surface area contributed by atoms with Crippen LogP contribution in [0, 0.1) is 12.3 Å². The first-order chi connectivity index (χ1) is 12.1. The van der Waals surface area contributed by atoms with E-state index in [1.165, 1.54) is 12.5 Å². The van der Waals surface area contributed by atoms with Crippen molar-refractivity contribution in [3.63, 3.8) is 0 Å². The second-order valence-electron chi connectivity index (χ2n) is 5.46. The van der Waals surface area contributed by atoms with Gasteiger partial charge in [0.1, 0.15) is 11.4 Å². The van der Waals surface area contributed by atoms with Gasteiger partial charge in [-0.3, -0.25) is 0 Å². The predicted molar refractivity (Wildman–Crippen MR) is 96.2 cm³/mol. The highest BCUT2D eigenvalue weighted by atomic mass is 32.2. The molecule has 1 heterocycles. The van der Waals surface area contributed by atoms with Gasteiger partial charge < -0.3 is 10.6 Å². The summed E-state index contributed by atoms with van der Waals surface area (Å²) in [6.07, 6.45) is 4.18. The van der Waals surface area contributed by atoms with Crippen LogP contribution >= 0.6 is 0 Å². The summed E-state index contributed by atoms with van der Waals surface area (Å²) in [6, 6.07) is 6.49. The molecule has 0 saturated heterocycles. The van der Waals surface area contributed by atoms with Gasteiger partial charge in [0.25, 0.3) is 0 Å². The number of aromatic nitrogens is 2. The molecule has 0 radical (unpaired) electrons. The van der Waals surface area contributed by atoms with E-state index in [-0.39, 0.29) is 12.5 Å². The SMILES string of the molecule is C#CCNc1nc(Nc2ccc(N=S(C)(C)=O)cc2)ncc1C(F)(F)F. The zero-order valence-corrected chi connectivity index (χ0v) is 14.8. The minimum Gasteiger partial charge on any atom is -0.358 e. The van der Waals surface area contributed by atoms with Crippen LogP contribution in [0.15, 0.2) is 34.8 Å². The lowest BCUT2D eigenvalue weighted by Crippen LogP contribution is -2.14. The van der Waals surface area contributed by atoms with Crippen molar-refractivity contribution >= 4 is 32.9 Å². The predicted octanol–water partition coefficient (Wildman–Crippen LogP) is 3.64. The first-order valence-electron chi connectivity index (χ1n) is 7.24. The number of nitrogens with one attached hydrogen (secondary N) is 2. The fraction of sp³-hybridized carbons (Fsp3) is 0.250. The molecule has 138 valence electrons. The van der Waals surface area contributed by atoms with E-state index >= 15 is 0 Å². The van der Waals surface area contributed by atoms with Gasteiger partial charge in [-0.1, -0.05) is 5.92 Å². The van der Waals surface area contributed by atoms with Gasteiger partial charge in [0.05, 0.1) is 12.2 Å². The van der Waals surface area contributed by atoms with E-state index in [1.54, 1.807) is 24.3 Å². The highest BCUT2D eigenvalue weighted by molar-refractivity contribution is 7.92. The molecule has 0 fully saturated rings. The molecule has 0 unspecified atom stereocenters. The Hall–Kier alpha value is -2.80. The largest absolute Gasteiger partial charge is 0.421 e. The highest BCUT2D eigenvalue weighted by Crippen LogP contribution is 2.34. The number of nitrogens with zero attached hydrogens (tertiary/aromatic N) is 3. The number of anilines is 3. The van der Waals surface area contributed by atoms with Crippen LogP contribution in [-0.2, 0) is 15.9 Å². The smallest absolute Gasteiger partial charge is 0.358 e. The minimum absolute atomic E-state index is 0.0306. The molecule has 0 aliphatic heterocycles. The van der Waals surface area contributed by atoms with Crippen LogP contribution in [0.2, 0.25) is 0 Å². The second kappa shape index (κ2) is 7.61. The van der Waals surface area contributed by atoms with Crippen LogP contribution in [-0.4, -0.2) is 33.2 Å². The molecule has 0 spiro atoms. The Balaban J connectivity index is 2.27. The average molecular weight is 383 g/mol. The first kappa shape index (κ1) is 19.5. The molecular formula is C16H16F3N5OS. The fourth-order valence-corrected chi connectivity index (χ4v) is 2.54. The van der Waals surface area contributed by atoms with E-state index in [2.05, 4.69) is 30.9 Å². The van der Waals surface area contributed by atoms with Crippen molar-refractivity contribution in [1.82, 2.24) is 9.97 Å². The normalized spacial score (nSPS) is 11.5. The van der Waals surface area contributed by atoms with Crippen LogP contribution in [0.25, 0.3) is 0 Å². The monoisotopic (exact) mass is 383 g/mol. The van der Waals surface area contributed by atoms with Crippen molar-refractivity contribution in [2.24, 2.45) is 4.36 Å². The van der Waals surface area contributed by atoms with E-state index in [9.17, 15) is 17.4 Å². The van der Waals surface area contributed by atoms with Crippen molar-refractivity contribution in [3.05, 3.63) is 36.0 Å². The summed E-state index contributed by atoms with van der Waals surface area (Å²) in [7, 11) is -2.28. The third-order valence-corrected chi connectivity index (χ3v) is 3.55. The molecule has 0 aliphatic carbocycles. The number of alkyl halides is 3. The number of terminal acetylenes is 1. The van der Waals surface area contributed by atoms with Gasteiger partial charge in [-0.25, -0.2) is 9.19 Å². The number of rotatable bonds is 5. The number of halogens is 3. The Labute approximate surface area is 149 Å². The zero-order valence-electron chi connectivity index (χ0n) is 14.0. The number of hydrogen-bond acceptors (Lipinski definition) is 6. The third-order valence-electron chi connectivity index (χ3n) is 2.90. The fourth-order valence-electron chi connectivity index (χ4n) is 1.91. The van der Waals surface area contributed by atoms with Crippen molar-refractivity contribution < 1.29 is 17.4 Å². The standard InChI is InChI=1S/C16H16F3N5OS/c1-4-9-20-14-13(16(17,18)19)10-21-15(23-14)22-11-5-7-12(8-6-11)24-26(2,3)25/h1,5-8,10H,9H2,2-3H3,(H2,20,21,22,23). The lowest BCUT2D eigenvalue weighted by atomic mass is 10.3. The average Bonchev–Trinajstić information content (AvgIpc) is 2.52. The maximum Gasteiger partial charge on any atom is 0.421 e. The molecule has 0 amide bonds. The molecule has 0 saturated carbocycles. The summed E-state index contributed by atoms with van der Waals surface area (Å²) >= 11 is 0. The molecule has 2 rings (SSSR count). The van der Waals surface area contributed by atoms with Gasteiger partial charge in [0, 0.05) is 34.1 Å². The molecule has 1 aromatic heterocycles. The number of benzene rings is 1. The molecule has 2 N–H and O–H groups in total. The maximum atomic E-state index is 13.0. The summed E-state index contributed by atoms with van der Waals surface area (Å²) in [4.78, 5) is 7.52. The van der Waals surface area contributed by atoms with E-state index in [1.807, 2.05) is 0 Å². The molecule has 26 heavy (non-hydrogen) atoms. The molecule has 0 aliphatic rings. The van der Waals surface area contributed by atoms with Crippen molar-refractivity contribution in [3.8, 4) is 12.3 Å². The molecule has 0 bridgehead atoms. The second-order valence-corrected chi connectivity index (χ2v) is 8.00. The summed E-state index contributed by atoms with van der Waals surface area (Å²) in [5.74, 6) is 1.76. The molecule has 1 aromatic carbocycles. The number of hydrogen-bond donors (Lipinski definition) is 2. The van der Waals surface area contributed by atoms with Gasteiger partial charge >= 0.3 is 6.18 Å². The van der Waals surface area contributed by atoms with Crippen LogP contribution in [0.1, 0.15) is 5.56 Å². The van der Waals surface area contributed by atoms with Gasteiger partial charge in [0.2, 0.25) is 5.95 Å². The first-order valence-corrected chi connectivity index (χ1v) is 9.57. The van der Waals surface area contributed by atoms with Gasteiger partial charge in [-0.05, 0) is 24.3 Å². The van der Waals surface area contributed by atoms with Crippen molar-refractivity contribution in [1.29, 1.82) is 0 Å². The zero-order chi connectivity index (χ0) is 19.4. The van der Waals surface area contributed by atoms with Crippen LogP contribution in [0.3, 0.4) is 0 Å². The Bertz CT molecular complexity index is 934. The van der Waals surface area contributed by atoms with Gasteiger partial charge in [-0.15, -0.1) is 6.42 Å². The highest BCUT2D eigenvalue weighted by Gasteiger charge is 2.35. The topological polar surface area (TPSA) is 79.3 Å². The van der Waals surface area contributed by atoms with Crippen LogP contribution in [0.5, 0.6) is 0 Å². The van der Waals surface area contributed by atoms with Crippen molar-refractivity contribution in [2.45, 2.75) is 6.18 Å². The molecule has 10 heteroatoms. The van der Waals surface area contributed by atoms with Gasteiger partial charge in [0.15, 0.2) is 0 Å². The summed E-state index contributed by atoms with van der Waals surface area (Å²) in [6.45, 7) is -0.108. The lowest BCUT2D eigenvalue weighted by molar-refractivity contribution is -0.137. The van der Waals surface area contributed by atoms with Crippen molar-refractivity contribution in [2.75, 3.05) is 29.7 Å².